The van der Waals surface area contributed by atoms with Crippen molar-refractivity contribution in [1.82, 2.24) is 4.90 Å². The van der Waals surface area contributed by atoms with E-state index >= 15 is 0 Å². The lowest BCUT2D eigenvalue weighted by Gasteiger charge is -2.28. The number of hydrogen-bond acceptors (Lipinski definition) is 2. The molecule has 1 fully saturated rings. The normalized spacial score (nSPS) is 17.6. The number of benzene rings is 1. The first kappa shape index (κ1) is 12.5. The largest absolute Gasteiger partial charge is 0.379 e. The topological polar surface area (TPSA) is 12.5 Å². The fourth-order valence-electron chi connectivity index (χ4n) is 2.27. The third kappa shape index (κ3) is 3.05. The van der Waals surface area contributed by atoms with Crippen LogP contribution in [0.1, 0.15) is 30.9 Å². The summed E-state index contributed by atoms with van der Waals surface area (Å²) in [4.78, 5) is 2.26. The van der Waals surface area contributed by atoms with E-state index < -0.39 is 0 Å². The highest BCUT2D eigenvalue weighted by Gasteiger charge is 2.16. The van der Waals surface area contributed by atoms with Gasteiger partial charge in [-0.2, -0.15) is 0 Å². The van der Waals surface area contributed by atoms with Crippen LogP contribution in [0.3, 0.4) is 0 Å². The van der Waals surface area contributed by atoms with Gasteiger partial charge in [0, 0.05) is 25.2 Å². The highest BCUT2D eigenvalue weighted by Crippen LogP contribution is 2.23. The Balaban J connectivity index is 2.18. The molecule has 1 aliphatic rings. The average Bonchev–Trinajstić information content (AvgIpc) is 2.33. The van der Waals surface area contributed by atoms with E-state index in [0.717, 1.165) is 37.4 Å². The summed E-state index contributed by atoms with van der Waals surface area (Å²) < 4.78 is 19.2. The van der Waals surface area contributed by atoms with Crippen molar-refractivity contribution in [3.63, 3.8) is 0 Å². The molecule has 1 aromatic rings. The van der Waals surface area contributed by atoms with E-state index in [1.54, 1.807) is 12.1 Å². The van der Waals surface area contributed by atoms with Crippen molar-refractivity contribution in [2.75, 3.05) is 26.3 Å². The Morgan fingerprint density at radius 1 is 1.29 bits per heavy atom. The number of hydrogen-bond donors (Lipinski definition) is 0. The molecule has 0 saturated carbocycles. The van der Waals surface area contributed by atoms with Crippen LogP contribution in [0.25, 0.3) is 0 Å². The molecule has 0 spiro atoms. The van der Waals surface area contributed by atoms with Gasteiger partial charge in [0.15, 0.2) is 0 Å². The summed E-state index contributed by atoms with van der Waals surface area (Å²) in [6.45, 7) is 8.22. The maximum absolute atomic E-state index is 13.9. The number of morpholine rings is 1. The van der Waals surface area contributed by atoms with Crippen molar-refractivity contribution in [2.24, 2.45) is 0 Å². The average molecular weight is 237 g/mol. The second-order valence-corrected chi connectivity index (χ2v) is 4.85. The van der Waals surface area contributed by atoms with Gasteiger partial charge in [-0.05, 0) is 17.5 Å². The van der Waals surface area contributed by atoms with Gasteiger partial charge in [0.1, 0.15) is 5.82 Å². The third-order valence-corrected chi connectivity index (χ3v) is 3.26. The Morgan fingerprint density at radius 2 is 2.00 bits per heavy atom. The van der Waals surface area contributed by atoms with Gasteiger partial charge < -0.3 is 4.74 Å². The Bertz CT molecular complexity index is 372. The van der Waals surface area contributed by atoms with Crippen LogP contribution in [-0.2, 0) is 11.3 Å². The lowest BCUT2D eigenvalue weighted by atomic mass is 9.96. The molecule has 0 aliphatic carbocycles. The lowest BCUT2D eigenvalue weighted by Crippen LogP contribution is -2.36. The van der Waals surface area contributed by atoms with Crippen molar-refractivity contribution in [2.45, 2.75) is 26.3 Å². The third-order valence-electron chi connectivity index (χ3n) is 3.26. The fraction of sp³-hybridized carbons (Fsp3) is 0.571. The SMILES string of the molecule is CC(C)c1cccc(F)c1CN1CCOCC1. The van der Waals surface area contributed by atoms with Crippen LogP contribution in [0.5, 0.6) is 0 Å². The highest BCUT2D eigenvalue weighted by atomic mass is 19.1. The summed E-state index contributed by atoms with van der Waals surface area (Å²) in [7, 11) is 0. The van der Waals surface area contributed by atoms with Crippen LogP contribution in [0.15, 0.2) is 18.2 Å². The van der Waals surface area contributed by atoms with Crippen LogP contribution in [0.4, 0.5) is 4.39 Å². The predicted octanol–water partition coefficient (Wildman–Crippen LogP) is 2.78. The van der Waals surface area contributed by atoms with E-state index in [-0.39, 0.29) is 5.82 Å². The zero-order chi connectivity index (χ0) is 12.3. The van der Waals surface area contributed by atoms with Gasteiger partial charge in [-0.25, -0.2) is 4.39 Å². The standard InChI is InChI=1S/C14H20FNO/c1-11(2)12-4-3-5-14(15)13(12)10-16-6-8-17-9-7-16/h3-5,11H,6-10H2,1-2H3. The van der Waals surface area contributed by atoms with E-state index in [9.17, 15) is 4.39 Å². The van der Waals surface area contributed by atoms with Crippen molar-refractivity contribution in [1.29, 1.82) is 0 Å². The monoisotopic (exact) mass is 237 g/mol. The predicted molar refractivity (Wildman–Crippen MR) is 66.6 cm³/mol. The van der Waals surface area contributed by atoms with Crippen LogP contribution in [0.2, 0.25) is 0 Å². The van der Waals surface area contributed by atoms with E-state index in [2.05, 4.69) is 18.7 Å². The molecule has 0 atom stereocenters. The molecule has 1 saturated heterocycles. The summed E-state index contributed by atoms with van der Waals surface area (Å²) >= 11 is 0. The van der Waals surface area contributed by atoms with Crippen molar-refractivity contribution < 1.29 is 9.13 Å². The maximum atomic E-state index is 13.9. The molecule has 0 radical (unpaired) electrons. The van der Waals surface area contributed by atoms with Gasteiger partial charge in [0.25, 0.3) is 0 Å². The minimum absolute atomic E-state index is 0.0808. The molecule has 3 heteroatoms. The molecule has 2 rings (SSSR count). The zero-order valence-electron chi connectivity index (χ0n) is 10.6. The summed E-state index contributed by atoms with van der Waals surface area (Å²) in [5.74, 6) is 0.282. The van der Waals surface area contributed by atoms with Gasteiger partial charge >= 0.3 is 0 Å². The minimum atomic E-state index is -0.0808. The second-order valence-electron chi connectivity index (χ2n) is 4.85. The minimum Gasteiger partial charge on any atom is -0.379 e. The van der Waals surface area contributed by atoms with E-state index in [1.807, 2.05) is 6.07 Å². The number of nitrogens with zero attached hydrogens (tertiary/aromatic N) is 1. The molecule has 0 unspecified atom stereocenters. The molecule has 1 aromatic carbocycles. The van der Waals surface area contributed by atoms with Crippen molar-refractivity contribution in [3.05, 3.63) is 35.1 Å². The summed E-state index contributed by atoms with van der Waals surface area (Å²) in [6, 6.07) is 5.39. The van der Waals surface area contributed by atoms with E-state index in [0.29, 0.717) is 12.5 Å². The first-order valence-electron chi connectivity index (χ1n) is 6.26. The molecule has 0 amide bonds. The number of halogens is 1. The van der Waals surface area contributed by atoms with Crippen LogP contribution in [0, 0.1) is 5.82 Å². The summed E-state index contributed by atoms with van der Waals surface area (Å²) in [5.41, 5.74) is 1.97. The molecule has 0 N–H and O–H groups in total. The molecular formula is C14H20FNO. The fourth-order valence-corrected chi connectivity index (χ4v) is 2.27. The van der Waals surface area contributed by atoms with Gasteiger partial charge in [0.2, 0.25) is 0 Å². The Hall–Kier alpha value is -0.930. The Morgan fingerprint density at radius 3 is 2.65 bits per heavy atom. The van der Waals surface area contributed by atoms with E-state index in [4.69, 9.17) is 4.74 Å². The second kappa shape index (κ2) is 5.61. The smallest absolute Gasteiger partial charge is 0.127 e. The Labute approximate surface area is 102 Å². The molecular weight excluding hydrogens is 217 g/mol. The molecule has 0 bridgehead atoms. The molecule has 0 aromatic heterocycles. The first-order valence-corrected chi connectivity index (χ1v) is 6.26. The van der Waals surface area contributed by atoms with Gasteiger partial charge in [-0.1, -0.05) is 26.0 Å². The number of ether oxygens (including phenoxy) is 1. The highest BCUT2D eigenvalue weighted by molar-refractivity contribution is 5.31. The van der Waals surface area contributed by atoms with Crippen LogP contribution >= 0.6 is 0 Å². The van der Waals surface area contributed by atoms with Crippen LogP contribution < -0.4 is 0 Å². The maximum Gasteiger partial charge on any atom is 0.127 e. The van der Waals surface area contributed by atoms with Gasteiger partial charge in [-0.15, -0.1) is 0 Å². The van der Waals surface area contributed by atoms with Crippen molar-refractivity contribution in [3.8, 4) is 0 Å². The molecule has 2 nitrogen and oxygen atoms in total. The Kier molecular flexibility index (Phi) is 4.13. The first-order chi connectivity index (χ1) is 8.18. The van der Waals surface area contributed by atoms with E-state index in [1.165, 1.54) is 0 Å². The zero-order valence-corrected chi connectivity index (χ0v) is 10.6. The van der Waals surface area contributed by atoms with Gasteiger partial charge in [-0.3, -0.25) is 4.90 Å². The summed E-state index contributed by atoms with van der Waals surface area (Å²) in [5, 5.41) is 0. The molecule has 17 heavy (non-hydrogen) atoms. The quantitative estimate of drug-likeness (QED) is 0.801. The molecule has 1 aliphatic heterocycles. The van der Waals surface area contributed by atoms with Crippen molar-refractivity contribution >= 4 is 0 Å². The lowest BCUT2D eigenvalue weighted by molar-refractivity contribution is 0.0336. The summed E-state index contributed by atoms with van der Waals surface area (Å²) in [6.07, 6.45) is 0. The number of rotatable bonds is 3. The molecule has 1 heterocycles. The van der Waals surface area contributed by atoms with Gasteiger partial charge in [0.05, 0.1) is 13.2 Å². The molecule has 94 valence electrons. The van der Waals surface area contributed by atoms with Crippen LogP contribution in [-0.4, -0.2) is 31.2 Å².